The summed E-state index contributed by atoms with van der Waals surface area (Å²) in [7, 11) is -0.272. The van der Waals surface area contributed by atoms with Crippen molar-refractivity contribution in [3.05, 3.63) is 42.4 Å². The van der Waals surface area contributed by atoms with Gasteiger partial charge in [-0.2, -0.15) is 4.31 Å². The Morgan fingerprint density at radius 3 is 2.62 bits per heavy atom. The van der Waals surface area contributed by atoms with Gasteiger partial charge in [-0.3, -0.25) is 0 Å². The van der Waals surface area contributed by atoms with Gasteiger partial charge in [0.25, 0.3) is 10.0 Å². The number of hydrogen-bond acceptors (Lipinski definition) is 5. The van der Waals surface area contributed by atoms with Crippen molar-refractivity contribution in [3.8, 4) is 0 Å². The molecule has 1 aliphatic rings. The van der Waals surface area contributed by atoms with Crippen LogP contribution >= 0.6 is 0 Å². The van der Waals surface area contributed by atoms with Gasteiger partial charge in [0.1, 0.15) is 0 Å². The average molecular weight is 350 g/mol. The smallest absolute Gasteiger partial charge is 0.262 e. The number of hydrogen-bond donors (Lipinski definition) is 0. The molecule has 0 bridgehead atoms. The van der Waals surface area contributed by atoms with Crippen molar-refractivity contribution in [2.24, 2.45) is 7.05 Å². The SMILES string of the molecule is CN(Cc1ccccc1N1CCOCC1)S(=O)(=O)c1cn(C)cn1. The molecule has 24 heavy (non-hydrogen) atoms. The highest BCUT2D eigenvalue weighted by molar-refractivity contribution is 7.89. The predicted octanol–water partition coefficient (Wildman–Crippen LogP) is 1.08. The van der Waals surface area contributed by atoms with Crippen LogP contribution in [-0.2, 0) is 28.4 Å². The summed E-state index contributed by atoms with van der Waals surface area (Å²) in [6, 6.07) is 7.90. The van der Waals surface area contributed by atoms with E-state index in [1.54, 1.807) is 18.7 Å². The molecule has 0 N–H and O–H groups in total. The van der Waals surface area contributed by atoms with Gasteiger partial charge < -0.3 is 14.2 Å². The van der Waals surface area contributed by atoms with Gasteiger partial charge in [-0.25, -0.2) is 13.4 Å². The maximum Gasteiger partial charge on any atom is 0.262 e. The molecule has 1 aliphatic heterocycles. The number of anilines is 1. The zero-order valence-corrected chi connectivity index (χ0v) is 14.7. The first kappa shape index (κ1) is 16.9. The summed E-state index contributed by atoms with van der Waals surface area (Å²) < 4.78 is 33.7. The fraction of sp³-hybridized carbons (Fsp3) is 0.438. The van der Waals surface area contributed by atoms with Crippen molar-refractivity contribution in [2.45, 2.75) is 11.6 Å². The number of benzene rings is 1. The van der Waals surface area contributed by atoms with E-state index in [-0.39, 0.29) is 5.03 Å². The fourth-order valence-electron chi connectivity index (χ4n) is 2.76. The van der Waals surface area contributed by atoms with Crippen molar-refractivity contribution < 1.29 is 13.2 Å². The van der Waals surface area contributed by atoms with Crippen LogP contribution in [0.25, 0.3) is 0 Å². The number of aromatic nitrogens is 2. The number of imidazole rings is 1. The van der Waals surface area contributed by atoms with Gasteiger partial charge in [0, 0.05) is 45.6 Å². The molecule has 0 spiro atoms. The molecule has 0 atom stereocenters. The standard InChI is InChI=1S/C16H22N4O3S/c1-18-12-16(17-13-18)24(21,22)19(2)11-14-5-3-4-6-15(14)20-7-9-23-10-8-20/h3-6,12-13H,7-11H2,1-2H3. The van der Waals surface area contributed by atoms with Crippen LogP contribution in [0.3, 0.4) is 0 Å². The summed E-state index contributed by atoms with van der Waals surface area (Å²) in [4.78, 5) is 6.20. The largest absolute Gasteiger partial charge is 0.378 e. The van der Waals surface area contributed by atoms with Crippen molar-refractivity contribution in [2.75, 3.05) is 38.3 Å². The maximum absolute atomic E-state index is 12.7. The summed E-state index contributed by atoms with van der Waals surface area (Å²) in [5.74, 6) is 0. The number of morpholine rings is 1. The molecule has 1 saturated heterocycles. The monoisotopic (exact) mass is 350 g/mol. The Balaban J connectivity index is 1.83. The fourth-order valence-corrected chi connectivity index (χ4v) is 3.87. The first-order chi connectivity index (χ1) is 11.5. The van der Waals surface area contributed by atoms with Crippen molar-refractivity contribution in [3.63, 3.8) is 0 Å². The van der Waals surface area contributed by atoms with Crippen molar-refractivity contribution in [1.82, 2.24) is 13.9 Å². The lowest BCUT2D eigenvalue weighted by Gasteiger charge is -2.31. The average Bonchev–Trinajstić information content (AvgIpc) is 3.03. The normalized spacial score (nSPS) is 15.9. The molecular weight excluding hydrogens is 328 g/mol. The Bertz CT molecular complexity index is 797. The number of nitrogens with zero attached hydrogens (tertiary/aromatic N) is 4. The van der Waals surface area contributed by atoms with E-state index in [9.17, 15) is 8.42 Å². The lowest BCUT2D eigenvalue weighted by molar-refractivity contribution is 0.122. The van der Waals surface area contributed by atoms with Crippen LogP contribution in [0.4, 0.5) is 5.69 Å². The molecule has 0 amide bonds. The second-order valence-corrected chi connectivity index (χ2v) is 7.86. The molecule has 2 aromatic rings. The lowest BCUT2D eigenvalue weighted by atomic mass is 10.1. The third-order valence-corrected chi connectivity index (χ3v) is 5.78. The molecule has 130 valence electrons. The Labute approximate surface area is 142 Å². The van der Waals surface area contributed by atoms with Crippen LogP contribution < -0.4 is 4.90 Å². The number of aryl methyl sites for hydroxylation is 1. The zero-order valence-electron chi connectivity index (χ0n) is 13.9. The lowest BCUT2D eigenvalue weighted by Crippen LogP contribution is -2.37. The number of sulfonamides is 1. The summed E-state index contributed by atoms with van der Waals surface area (Å²) in [6.07, 6.45) is 3.00. The van der Waals surface area contributed by atoms with Gasteiger partial charge in [0.2, 0.25) is 0 Å². The molecule has 0 radical (unpaired) electrons. The summed E-state index contributed by atoms with van der Waals surface area (Å²) in [6.45, 7) is 3.31. The second-order valence-electron chi connectivity index (χ2n) is 5.87. The van der Waals surface area contributed by atoms with E-state index in [2.05, 4.69) is 9.88 Å². The molecule has 1 aromatic carbocycles. The van der Waals surface area contributed by atoms with Crippen LogP contribution in [-0.4, -0.2) is 55.6 Å². The van der Waals surface area contributed by atoms with Gasteiger partial charge in [-0.05, 0) is 11.6 Å². The molecule has 8 heteroatoms. The number of para-hydroxylation sites is 1. The minimum absolute atomic E-state index is 0.0661. The van der Waals surface area contributed by atoms with E-state index < -0.39 is 10.0 Å². The minimum atomic E-state index is -3.61. The van der Waals surface area contributed by atoms with Crippen LogP contribution in [0.15, 0.2) is 41.8 Å². The molecule has 1 aromatic heterocycles. The van der Waals surface area contributed by atoms with Gasteiger partial charge in [0.15, 0.2) is 5.03 Å². The van der Waals surface area contributed by atoms with Gasteiger partial charge in [0.05, 0.1) is 19.5 Å². The van der Waals surface area contributed by atoms with Crippen LogP contribution in [0.2, 0.25) is 0 Å². The van der Waals surface area contributed by atoms with E-state index in [0.29, 0.717) is 19.8 Å². The molecule has 2 heterocycles. The number of rotatable bonds is 5. The third-order valence-electron chi connectivity index (χ3n) is 4.09. The molecule has 0 saturated carbocycles. The van der Waals surface area contributed by atoms with Crippen molar-refractivity contribution in [1.29, 1.82) is 0 Å². The molecule has 0 aliphatic carbocycles. The maximum atomic E-state index is 12.7. The van der Waals surface area contributed by atoms with E-state index in [4.69, 9.17) is 4.74 Å². The van der Waals surface area contributed by atoms with E-state index >= 15 is 0 Å². The zero-order chi connectivity index (χ0) is 17.2. The molecule has 7 nitrogen and oxygen atoms in total. The van der Waals surface area contributed by atoms with Gasteiger partial charge in [-0.1, -0.05) is 18.2 Å². The highest BCUT2D eigenvalue weighted by Gasteiger charge is 2.25. The summed E-state index contributed by atoms with van der Waals surface area (Å²) in [5.41, 5.74) is 2.03. The van der Waals surface area contributed by atoms with Crippen LogP contribution in [0, 0.1) is 0 Å². The van der Waals surface area contributed by atoms with E-state index in [1.807, 2.05) is 24.3 Å². The van der Waals surface area contributed by atoms with E-state index in [0.717, 1.165) is 24.3 Å². The molecular formula is C16H22N4O3S. The minimum Gasteiger partial charge on any atom is -0.378 e. The van der Waals surface area contributed by atoms with Crippen molar-refractivity contribution >= 4 is 15.7 Å². The Morgan fingerprint density at radius 1 is 1.25 bits per heavy atom. The summed E-state index contributed by atoms with van der Waals surface area (Å²) in [5, 5.41) is 0.0661. The van der Waals surface area contributed by atoms with Gasteiger partial charge >= 0.3 is 0 Å². The molecule has 0 unspecified atom stereocenters. The van der Waals surface area contributed by atoms with Crippen LogP contribution in [0.1, 0.15) is 5.56 Å². The third kappa shape index (κ3) is 3.45. The highest BCUT2D eigenvalue weighted by Crippen LogP contribution is 2.24. The summed E-state index contributed by atoms with van der Waals surface area (Å²) >= 11 is 0. The first-order valence-corrected chi connectivity index (χ1v) is 9.27. The van der Waals surface area contributed by atoms with Gasteiger partial charge in [-0.15, -0.1) is 0 Å². The topological polar surface area (TPSA) is 67.7 Å². The predicted molar refractivity (Wildman–Crippen MR) is 91.3 cm³/mol. The molecule has 1 fully saturated rings. The Kier molecular flexibility index (Phi) is 4.88. The first-order valence-electron chi connectivity index (χ1n) is 7.83. The Morgan fingerprint density at radius 2 is 1.96 bits per heavy atom. The number of ether oxygens (including phenoxy) is 1. The quantitative estimate of drug-likeness (QED) is 0.807. The van der Waals surface area contributed by atoms with Crippen LogP contribution in [0.5, 0.6) is 0 Å². The highest BCUT2D eigenvalue weighted by atomic mass is 32.2. The molecule has 3 rings (SSSR count). The second kappa shape index (κ2) is 6.92. The van der Waals surface area contributed by atoms with E-state index in [1.165, 1.54) is 16.8 Å². The Hall–Kier alpha value is -1.90.